The van der Waals surface area contributed by atoms with Crippen LogP contribution in [0.4, 0.5) is 5.69 Å². The molecule has 1 N–H and O–H groups in total. The Bertz CT molecular complexity index is 1620. The molecule has 1 unspecified atom stereocenters. The minimum absolute atomic E-state index is 0.0336. The van der Waals surface area contributed by atoms with Gasteiger partial charge in [0.2, 0.25) is 11.8 Å². The maximum Gasteiger partial charge on any atom is 0.264 e. The van der Waals surface area contributed by atoms with E-state index < -0.39 is 28.5 Å². The van der Waals surface area contributed by atoms with Crippen LogP contribution in [0.3, 0.4) is 0 Å². The Morgan fingerprint density at radius 1 is 0.857 bits per heavy atom. The van der Waals surface area contributed by atoms with Gasteiger partial charge in [0.15, 0.2) is 0 Å². The Labute approximate surface area is 255 Å². The first-order valence-electron chi connectivity index (χ1n) is 13.2. The van der Waals surface area contributed by atoms with Gasteiger partial charge in [0, 0.05) is 30.6 Å². The predicted molar refractivity (Wildman–Crippen MR) is 167 cm³/mol. The highest BCUT2D eigenvalue weighted by Crippen LogP contribution is 2.28. The Balaban J connectivity index is 1.79. The van der Waals surface area contributed by atoms with E-state index in [9.17, 15) is 18.0 Å². The molecule has 0 fully saturated rings. The summed E-state index contributed by atoms with van der Waals surface area (Å²) in [5.41, 5.74) is 1.90. The Morgan fingerprint density at radius 2 is 1.50 bits per heavy atom. The molecule has 0 aliphatic rings. The molecule has 0 radical (unpaired) electrons. The van der Waals surface area contributed by atoms with Gasteiger partial charge >= 0.3 is 0 Å². The summed E-state index contributed by atoms with van der Waals surface area (Å²) in [4.78, 5) is 29.1. The number of sulfonamides is 1. The largest absolute Gasteiger partial charge is 0.497 e. The Hall–Kier alpha value is -4.15. The van der Waals surface area contributed by atoms with Crippen LogP contribution < -0.4 is 14.4 Å². The minimum Gasteiger partial charge on any atom is -0.497 e. The van der Waals surface area contributed by atoms with Crippen LogP contribution in [-0.2, 0) is 32.6 Å². The lowest BCUT2D eigenvalue weighted by atomic mass is 10.0. The molecule has 2 amide bonds. The monoisotopic (exact) mass is 649 g/mol. The zero-order chi connectivity index (χ0) is 30.1. The highest BCUT2D eigenvalue weighted by Gasteiger charge is 2.34. The number of nitrogens with one attached hydrogen (secondary N) is 1. The van der Waals surface area contributed by atoms with Crippen molar-refractivity contribution in [2.24, 2.45) is 0 Å². The van der Waals surface area contributed by atoms with Crippen LogP contribution in [0.1, 0.15) is 11.1 Å². The van der Waals surface area contributed by atoms with Crippen molar-refractivity contribution in [3.05, 3.63) is 125 Å². The van der Waals surface area contributed by atoms with E-state index in [1.807, 2.05) is 54.6 Å². The van der Waals surface area contributed by atoms with E-state index in [1.165, 1.54) is 31.2 Å². The minimum atomic E-state index is -4.18. The number of carbonyl (C=O) groups excluding carboxylic acids is 2. The van der Waals surface area contributed by atoms with E-state index in [-0.39, 0.29) is 29.5 Å². The van der Waals surface area contributed by atoms with Crippen LogP contribution in [0, 0.1) is 0 Å². The lowest BCUT2D eigenvalue weighted by Crippen LogP contribution is -2.53. The maximum absolute atomic E-state index is 14.3. The summed E-state index contributed by atoms with van der Waals surface area (Å²) in [5, 5.41) is 2.68. The summed E-state index contributed by atoms with van der Waals surface area (Å²) in [6, 6.07) is 30.4. The number of hydrogen-bond acceptors (Lipinski definition) is 5. The summed E-state index contributed by atoms with van der Waals surface area (Å²) in [5.74, 6) is -0.464. The fourth-order valence-corrected chi connectivity index (χ4v) is 6.44. The first kappa shape index (κ1) is 30.8. The molecule has 0 aromatic heterocycles. The van der Waals surface area contributed by atoms with E-state index in [2.05, 4.69) is 21.2 Å². The average molecular weight is 651 g/mol. The number of anilines is 1. The molecule has 42 heavy (non-hydrogen) atoms. The van der Waals surface area contributed by atoms with Crippen LogP contribution in [0.15, 0.2) is 119 Å². The van der Waals surface area contributed by atoms with Crippen LogP contribution in [0.25, 0.3) is 0 Å². The molecular formula is C32H32BrN3O5S. The molecule has 0 saturated heterocycles. The van der Waals surface area contributed by atoms with Crippen LogP contribution >= 0.6 is 15.9 Å². The lowest BCUT2D eigenvalue weighted by molar-refractivity contribution is -0.139. The summed E-state index contributed by atoms with van der Waals surface area (Å²) >= 11 is 3.48. The smallest absolute Gasteiger partial charge is 0.264 e. The van der Waals surface area contributed by atoms with Gasteiger partial charge in [-0.25, -0.2) is 8.42 Å². The second-order valence-corrected chi connectivity index (χ2v) is 12.3. The number of carbonyl (C=O) groups is 2. The van der Waals surface area contributed by atoms with Crippen molar-refractivity contribution < 1.29 is 22.7 Å². The van der Waals surface area contributed by atoms with Crippen LogP contribution in [0.2, 0.25) is 0 Å². The molecule has 4 aromatic rings. The topological polar surface area (TPSA) is 96.0 Å². The fraction of sp³-hybridized carbons (Fsp3) is 0.188. The quantitative estimate of drug-likeness (QED) is 0.232. The zero-order valence-electron chi connectivity index (χ0n) is 23.3. The van der Waals surface area contributed by atoms with E-state index in [1.54, 1.807) is 42.5 Å². The normalized spacial score (nSPS) is 11.8. The summed E-state index contributed by atoms with van der Waals surface area (Å²) in [6.07, 6.45) is 0.241. The third-order valence-electron chi connectivity index (χ3n) is 6.71. The number of amides is 2. The standard InChI is InChI=1S/C32H32BrN3O5S/c1-34-32(38)30(20-24-11-5-3-6-12-24)35(22-25-13-9-14-26(33)19-25)31(37)23-36(27-15-10-16-28(21-27)41-2)42(39,40)29-17-7-4-8-18-29/h3-19,21,30H,20,22-23H2,1-2H3,(H,34,38). The van der Waals surface area contributed by atoms with E-state index >= 15 is 0 Å². The van der Waals surface area contributed by atoms with Crippen LogP contribution in [0.5, 0.6) is 5.75 Å². The van der Waals surface area contributed by atoms with E-state index in [4.69, 9.17) is 4.74 Å². The second kappa shape index (κ2) is 14.2. The van der Waals surface area contributed by atoms with Gasteiger partial charge in [0.1, 0.15) is 18.3 Å². The average Bonchev–Trinajstić information content (AvgIpc) is 3.02. The summed E-state index contributed by atoms with van der Waals surface area (Å²) in [7, 11) is -1.17. The number of methoxy groups -OCH3 is 1. The Kier molecular flexibility index (Phi) is 10.4. The SMILES string of the molecule is CNC(=O)C(Cc1ccccc1)N(Cc1cccc(Br)c1)C(=O)CN(c1cccc(OC)c1)S(=O)(=O)c1ccccc1. The molecule has 4 aromatic carbocycles. The molecule has 218 valence electrons. The molecule has 10 heteroatoms. The van der Waals surface area contributed by atoms with E-state index in [0.29, 0.717) is 5.75 Å². The molecule has 0 spiro atoms. The first-order valence-corrected chi connectivity index (χ1v) is 15.5. The number of ether oxygens (including phenoxy) is 1. The van der Waals surface area contributed by atoms with Crippen molar-refractivity contribution in [2.45, 2.75) is 23.9 Å². The van der Waals surface area contributed by atoms with Gasteiger partial charge in [-0.3, -0.25) is 13.9 Å². The molecule has 4 rings (SSSR count). The van der Waals surface area contributed by atoms with Gasteiger partial charge in [0.25, 0.3) is 10.0 Å². The van der Waals surface area contributed by atoms with Crippen molar-refractivity contribution in [3.8, 4) is 5.75 Å². The third-order valence-corrected chi connectivity index (χ3v) is 8.99. The highest BCUT2D eigenvalue weighted by molar-refractivity contribution is 9.10. The summed E-state index contributed by atoms with van der Waals surface area (Å²) < 4.78 is 35.2. The van der Waals surface area contributed by atoms with Crippen molar-refractivity contribution in [2.75, 3.05) is 25.0 Å². The predicted octanol–water partition coefficient (Wildman–Crippen LogP) is 5.04. The highest BCUT2D eigenvalue weighted by atomic mass is 79.9. The van der Waals surface area contributed by atoms with Gasteiger partial charge in [-0.05, 0) is 47.5 Å². The summed E-state index contributed by atoms with van der Waals surface area (Å²) in [6.45, 7) is -0.457. The molecular weight excluding hydrogens is 618 g/mol. The maximum atomic E-state index is 14.3. The molecule has 0 aliphatic carbocycles. The fourth-order valence-electron chi connectivity index (χ4n) is 4.57. The number of hydrogen-bond donors (Lipinski definition) is 1. The van der Waals surface area contributed by atoms with E-state index in [0.717, 1.165) is 19.9 Å². The molecule has 8 nitrogen and oxygen atoms in total. The zero-order valence-corrected chi connectivity index (χ0v) is 25.7. The molecule has 0 aliphatic heterocycles. The molecule has 1 atom stereocenters. The molecule has 0 saturated carbocycles. The van der Waals surface area contributed by atoms with Crippen LogP contribution in [-0.4, -0.2) is 51.9 Å². The second-order valence-electron chi connectivity index (χ2n) is 9.50. The van der Waals surface area contributed by atoms with Crippen molar-refractivity contribution in [1.29, 1.82) is 0 Å². The first-order chi connectivity index (χ1) is 20.2. The number of nitrogens with zero attached hydrogens (tertiary/aromatic N) is 2. The van der Waals surface area contributed by atoms with Gasteiger partial charge in [-0.1, -0.05) is 82.7 Å². The van der Waals surface area contributed by atoms with Gasteiger partial charge in [-0.2, -0.15) is 0 Å². The number of likely N-dealkylation sites (N-methyl/N-ethyl adjacent to an activating group) is 1. The van der Waals surface area contributed by atoms with Crippen molar-refractivity contribution in [1.82, 2.24) is 10.2 Å². The third kappa shape index (κ3) is 7.57. The van der Waals surface area contributed by atoms with Gasteiger partial charge in [0.05, 0.1) is 17.7 Å². The van der Waals surface area contributed by atoms with Gasteiger partial charge < -0.3 is 15.0 Å². The van der Waals surface area contributed by atoms with Crippen molar-refractivity contribution >= 4 is 43.5 Å². The Morgan fingerprint density at radius 3 is 2.14 bits per heavy atom. The molecule has 0 bridgehead atoms. The lowest BCUT2D eigenvalue weighted by Gasteiger charge is -2.33. The molecule has 0 heterocycles. The number of benzene rings is 4. The number of halogens is 1. The number of rotatable bonds is 12. The van der Waals surface area contributed by atoms with Crippen molar-refractivity contribution in [3.63, 3.8) is 0 Å². The van der Waals surface area contributed by atoms with Gasteiger partial charge in [-0.15, -0.1) is 0 Å².